The summed E-state index contributed by atoms with van der Waals surface area (Å²) in [6, 6.07) is 7.60. The van der Waals surface area contributed by atoms with E-state index in [1.165, 1.54) is 0 Å². The highest BCUT2D eigenvalue weighted by atomic mass is 79.9. The van der Waals surface area contributed by atoms with Gasteiger partial charge in [0.1, 0.15) is 0 Å². The van der Waals surface area contributed by atoms with Crippen LogP contribution in [0.1, 0.15) is 29.8 Å². The van der Waals surface area contributed by atoms with E-state index in [-0.39, 0.29) is 5.91 Å². The van der Waals surface area contributed by atoms with Crippen LogP contribution < -0.4 is 5.32 Å². The first-order valence-corrected chi connectivity index (χ1v) is 6.41. The van der Waals surface area contributed by atoms with Gasteiger partial charge >= 0.3 is 0 Å². The standard InChI is InChI=1S/C13H18BrNO/c1-9(2)12(14)8-15-13(16)11-6-4-10(3)5-7-11/h4-7,9,12H,8H2,1-3H3,(H,15,16). The molecule has 88 valence electrons. The fourth-order valence-corrected chi connectivity index (χ4v) is 1.39. The maximum atomic E-state index is 11.8. The molecule has 0 radical (unpaired) electrons. The lowest BCUT2D eigenvalue weighted by atomic mass is 10.1. The van der Waals surface area contributed by atoms with Crippen LogP contribution in [0.5, 0.6) is 0 Å². The van der Waals surface area contributed by atoms with Crippen LogP contribution in [0.15, 0.2) is 24.3 Å². The average molecular weight is 284 g/mol. The van der Waals surface area contributed by atoms with Crippen molar-refractivity contribution in [1.82, 2.24) is 5.32 Å². The zero-order chi connectivity index (χ0) is 12.1. The Balaban J connectivity index is 2.50. The molecule has 0 aromatic heterocycles. The van der Waals surface area contributed by atoms with E-state index in [9.17, 15) is 4.79 Å². The van der Waals surface area contributed by atoms with Crippen LogP contribution in [-0.2, 0) is 0 Å². The normalized spacial score (nSPS) is 12.6. The SMILES string of the molecule is Cc1ccc(C(=O)NCC(Br)C(C)C)cc1. The van der Waals surface area contributed by atoms with Gasteiger partial charge < -0.3 is 5.32 Å². The number of hydrogen-bond acceptors (Lipinski definition) is 1. The molecule has 1 N–H and O–H groups in total. The first kappa shape index (κ1) is 13.2. The van der Waals surface area contributed by atoms with E-state index in [1.54, 1.807) is 0 Å². The molecule has 0 saturated carbocycles. The summed E-state index contributed by atoms with van der Waals surface area (Å²) in [6.45, 7) is 6.91. The molecule has 0 aliphatic rings. The third-order valence-electron chi connectivity index (χ3n) is 2.49. The molecular weight excluding hydrogens is 266 g/mol. The van der Waals surface area contributed by atoms with Gasteiger partial charge in [0.25, 0.3) is 5.91 Å². The van der Waals surface area contributed by atoms with Crippen molar-refractivity contribution in [3.8, 4) is 0 Å². The molecule has 0 aliphatic heterocycles. The van der Waals surface area contributed by atoms with Crippen molar-refractivity contribution >= 4 is 21.8 Å². The zero-order valence-electron chi connectivity index (χ0n) is 9.96. The van der Waals surface area contributed by atoms with E-state index >= 15 is 0 Å². The Morgan fingerprint density at radius 3 is 2.38 bits per heavy atom. The van der Waals surface area contributed by atoms with Crippen LogP contribution in [0.3, 0.4) is 0 Å². The lowest BCUT2D eigenvalue weighted by molar-refractivity contribution is 0.0953. The zero-order valence-corrected chi connectivity index (χ0v) is 11.5. The van der Waals surface area contributed by atoms with Gasteiger partial charge in [-0.25, -0.2) is 0 Å². The average Bonchev–Trinajstić information content (AvgIpc) is 2.26. The molecule has 1 unspecified atom stereocenters. The number of rotatable bonds is 4. The number of carbonyl (C=O) groups is 1. The summed E-state index contributed by atoms with van der Waals surface area (Å²) in [5, 5.41) is 2.91. The number of benzene rings is 1. The molecule has 0 spiro atoms. The second kappa shape index (κ2) is 6.04. The van der Waals surface area contributed by atoms with Gasteiger partial charge in [-0.3, -0.25) is 4.79 Å². The second-order valence-electron chi connectivity index (χ2n) is 4.34. The highest BCUT2D eigenvalue weighted by Gasteiger charge is 2.11. The van der Waals surface area contributed by atoms with E-state index in [0.717, 1.165) is 5.56 Å². The molecule has 16 heavy (non-hydrogen) atoms. The summed E-state index contributed by atoms with van der Waals surface area (Å²) in [7, 11) is 0. The maximum Gasteiger partial charge on any atom is 0.251 e. The predicted molar refractivity (Wildman–Crippen MR) is 71.1 cm³/mol. The summed E-state index contributed by atoms with van der Waals surface area (Å²) in [5.41, 5.74) is 1.88. The number of aryl methyl sites for hydroxylation is 1. The first-order valence-electron chi connectivity index (χ1n) is 5.49. The van der Waals surface area contributed by atoms with Crippen LogP contribution in [0.2, 0.25) is 0 Å². The lowest BCUT2D eigenvalue weighted by Crippen LogP contribution is -2.31. The topological polar surface area (TPSA) is 29.1 Å². The predicted octanol–water partition coefficient (Wildman–Crippen LogP) is 3.14. The van der Waals surface area contributed by atoms with Gasteiger partial charge in [-0.05, 0) is 25.0 Å². The van der Waals surface area contributed by atoms with E-state index < -0.39 is 0 Å². The fraction of sp³-hybridized carbons (Fsp3) is 0.462. The van der Waals surface area contributed by atoms with Gasteiger partial charge in [-0.15, -0.1) is 0 Å². The van der Waals surface area contributed by atoms with E-state index in [4.69, 9.17) is 0 Å². The Kier molecular flexibility index (Phi) is 5.00. The van der Waals surface area contributed by atoms with Crippen molar-refractivity contribution < 1.29 is 4.79 Å². The van der Waals surface area contributed by atoms with Crippen molar-refractivity contribution in [2.45, 2.75) is 25.6 Å². The minimum absolute atomic E-state index is 0.00917. The Morgan fingerprint density at radius 2 is 1.88 bits per heavy atom. The van der Waals surface area contributed by atoms with Gasteiger partial charge in [-0.1, -0.05) is 47.5 Å². The lowest BCUT2D eigenvalue weighted by Gasteiger charge is -2.14. The number of halogens is 1. The smallest absolute Gasteiger partial charge is 0.251 e. The summed E-state index contributed by atoms with van der Waals surface area (Å²) >= 11 is 3.54. The van der Waals surface area contributed by atoms with Crippen LogP contribution in [0, 0.1) is 12.8 Å². The van der Waals surface area contributed by atoms with E-state index in [2.05, 4.69) is 35.1 Å². The molecule has 1 amide bonds. The van der Waals surface area contributed by atoms with Crippen molar-refractivity contribution in [1.29, 1.82) is 0 Å². The number of amides is 1. The van der Waals surface area contributed by atoms with E-state index in [1.807, 2.05) is 31.2 Å². The number of carbonyl (C=O) groups excluding carboxylic acids is 1. The van der Waals surface area contributed by atoms with Crippen molar-refractivity contribution in [2.75, 3.05) is 6.54 Å². The Bertz CT molecular complexity index is 345. The Labute approximate surface area is 106 Å². The third kappa shape index (κ3) is 3.97. The molecule has 0 aliphatic carbocycles. The van der Waals surface area contributed by atoms with Crippen molar-refractivity contribution in [3.05, 3.63) is 35.4 Å². The molecule has 0 saturated heterocycles. The molecule has 1 aromatic rings. The van der Waals surface area contributed by atoms with Crippen molar-refractivity contribution in [3.63, 3.8) is 0 Å². The molecule has 1 rings (SSSR count). The van der Waals surface area contributed by atoms with Gasteiger partial charge in [0.2, 0.25) is 0 Å². The highest BCUT2D eigenvalue weighted by molar-refractivity contribution is 9.09. The minimum Gasteiger partial charge on any atom is -0.351 e. The largest absolute Gasteiger partial charge is 0.351 e. The molecular formula is C13H18BrNO. The monoisotopic (exact) mass is 283 g/mol. The molecule has 0 bridgehead atoms. The molecule has 2 nitrogen and oxygen atoms in total. The Morgan fingerprint density at radius 1 is 1.31 bits per heavy atom. The summed E-state index contributed by atoms with van der Waals surface area (Å²) < 4.78 is 0. The van der Waals surface area contributed by atoms with Crippen LogP contribution in [-0.4, -0.2) is 17.3 Å². The molecule has 0 fully saturated rings. The molecule has 3 heteroatoms. The number of hydrogen-bond donors (Lipinski definition) is 1. The van der Waals surface area contributed by atoms with Crippen LogP contribution in [0.25, 0.3) is 0 Å². The maximum absolute atomic E-state index is 11.8. The number of nitrogens with one attached hydrogen (secondary N) is 1. The quantitative estimate of drug-likeness (QED) is 0.845. The van der Waals surface area contributed by atoms with E-state index in [0.29, 0.717) is 22.9 Å². The molecule has 1 aromatic carbocycles. The Hall–Kier alpha value is -0.830. The fourth-order valence-electron chi connectivity index (χ4n) is 1.23. The number of alkyl halides is 1. The van der Waals surface area contributed by atoms with Crippen molar-refractivity contribution in [2.24, 2.45) is 5.92 Å². The van der Waals surface area contributed by atoms with Crippen LogP contribution in [0.4, 0.5) is 0 Å². The summed E-state index contributed by atoms with van der Waals surface area (Å²) in [4.78, 5) is 12.1. The van der Waals surface area contributed by atoms with Gasteiger partial charge in [0.15, 0.2) is 0 Å². The minimum atomic E-state index is -0.00917. The van der Waals surface area contributed by atoms with Crippen LogP contribution >= 0.6 is 15.9 Å². The molecule has 1 atom stereocenters. The second-order valence-corrected chi connectivity index (χ2v) is 5.51. The third-order valence-corrected chi connectivity index (χ3v) is 3.88. The summed E-state index contributed by atoms with van der Waals surface area (Å²) in [5.74, 6) is 0.503. The van der Waals surface area contributed by atoms with Gasteiger partial charge in [0.05, 0.1) is 0 Å². The van der Waals surface area contributed by atoms with Gasteiger partial charge in [0, 0.05) is 16.9 Å². The highest BCUT2D eigenvalue weighted by Crippen LogP contribution is 2.10. The first-order chi connectivity index (χ1) is 7.50. The van der Waals surface area contributed by atoms with Gasteiger partial charge in [-0.2, -0.15) is 0 Å². The molecule has 0 heterocycles. The summed E-state index contributed by atoms with van der Waals surface area (Å²) in [6.07, 6.45) is 0.